The number of rotatable bonds is 5. The lowest BCUT2D eigenvalue weighted by molar-refractivity contribution is 0.191. The SMILES string of the molecule is CC(C)c1cc(C2CCCN2C(=O)NCCc2ccccc2)no1. The molecule has 0 aliphatic carbocycles. The van der Waals surface area contributed by atoms with Crippen LogP contribution in [0.25, 0.3) is 0 Å². The van der Waals surface area contributed by atoms with Gasteiger partial charge in [0.25, 0.3) is 0 Å². The molecule has 3 rings (SSSR count). The number of aromatic nitrogens is 1. The Morgan fingerprint density at radius 1 is 1.38 bits per heavy atom. The molecule has 1 aromatic heterocycles. The van der Waals surface area contributed by atoms with E-state index in [0.29, 0.717) is 12.5 Å². The van der Waals surface area contributed by atoms with E-state index in [1.54, 1.807) is 0 Å². The van der Waals surface area contributed by atoms with Crippen molar-refractivity contribution in [3.05, 3.63) is 53.4 Å². The van der Waals surface area contributed by atoms with Crippen LogP contribution in [-0.4, -0.2) is 29.2 Å². The number of hydrogen-bond donors (Lipinski definition) is 1. The molecule has 1 N–H and O–H groups in total. The van der Waals surface area contributed by atoms with Crippen LogP contribution in [0, 0.1) is 0 Å². The van der Waals surface area contributed by atoms with Gasteiger partial charge in [0.1, 0.15) is 11.5 Å². The molecule has 2 heterocycles. The largest absolute Gasteiger partial charge is 0.361 e. The molecule has 5 heteroatoms. The van der Waals surface area contributed by atoms with E-state index in [2.05, 4.69) is 36.5 Å². The van der Waals surface area contributed by atoms with Gasteiger partial charge in [0.2, 0.25) is 0 Å². The summed E-state index contributed by atoms with van der Waals surface area (Å²) in [7, 11) is 0. The summed E-state index contributed by atoms with van der Waals surface area (Å²) in [5.41, 5.74) is 2.10. The van der Waals surface area contributed by atoms with E-state index in [4.69, 9.17) is 4.52 Å². The molecule has 2 amide bonds. The molecule has 1 unspecified atom stereocenters. The fourth-order valence-corrected chi connectivity index (χ4v) is 3.11. The predicted octanol–water partition coefficient (Wildman–Crippen LogP) is 3.89. The molecule has 128 valence electrons. The highest BCUT2D eigenvalue weighted by molar-refractivity contribution is 5.75. The van der Waals surface area contributed by atoms with E-state index in [9.17, 15) is 4.79 Å². The molecule has 5 nitrogen and oxygen atoms in total. The van der Waals surface area contributed by atoms with Crippen LogP contribution < -0.4 is 5.32 Å². The molecule has 0 bridgehead atoms. The quantitative estimate of drug-likeness (QED) is 0.906. The summed E-state index contributed by atoms with van der Waals surface area (Å²) in [6, 6.07) is 12.2. The zero-order valence-electron chi connectivity index (χ0n) is 14.4. The molecule has 24 heavy (non-hydrogen) atoms. The maximum atomic E-state index is 12.5. The summed E-state index contributed by atoms with van der Waals surface area (Å²) in [5, 5.41) is 7.21. The standard InChI is InChI=1S/C19H25N3O2/c1-14(2)18-13-16(21-24-18)17-9-6-12-22(17)19(23)20-11-10-15-7-4-3-5-8-15/h3-5,7-8,13-14,17H,6,9-12H2,1-2H3,(H,20,23). The summed E-state index contributed by atoms with van der Waals surface area (Å²) in [5.74, 6) is 1.18. The summed E-state index contributed by atoms with van der Waals surface area (Å²) in [6.45, 7) is 5.56. The Kier molecular flexibility index (Phi) is 5.18. The van der Waals surface area contributed by atoms with Gasteiger partial charge in [-0.15, -0.1) is 0 Å². The maximum Gasteiger partial charge on any atom is 0.317 e. The molecular formula is C19H25N3O2. The topological polar surface area (TPSA) is 58.4 Å². The number of benzene rings is 1. The highest BCUT2D eigenvalue weighted by atomic mass is 16.5. The summed E-state index contributed by atoms with van der Waals surface area (Å²) < 4.78 is 5.40. The minimum Gasteiger partial charge on any atom is -0.361 e. The van der Waals surface area contributed by atoms with Crippen molar-refractivity contribution in [3.63, 3.8) is 0 Å². The number of nitrogens with zero attached hydrogens (tertiary/aromatic N) is 2. The average molecular weight is 327 g/mol. The monoisotopic (exact) mass is 327 g/mol. The molecule has 1 saturated heterocycles. The van der Waals surface area contributed by atoms with Crippen molar-refractivity contribution in [2.45, 2.75) is 45.1 Å². The van der Waals surface area contributed by atoms with Crippen LogP contribution in [-0.2, 0) is 6.42 Å². The Morgan fingerprint density at radius 3 is 2.88 bits per heavy atom. The lowest BCUT2D eigenvalue weighted by Gasteiger charge is -2.23. The Morgan fingerprint density at radius 2 is 2.17 bits per heavy atom. The Balaban J connectivity index is 1.57. The molecule has 2 aromatic rings. The highest BCUT2D eigenvalue weighted by Crippen LogP contribution is 2.32. The molecule has 0 spiro atoms. The molecular weight excluding hydrogens is 302 g/mol. The third-order valence-electron chi connectivity index (χ3n) is 4.50. The van der Waals surface area contributed by atoms with Gasteiger partial charge in [0.15, 0.2) is 0 Å². The Bertz CT molecular complexity index is 666. The number of likely N-dealkylation sites (tertiary alicyclic amines) is 1. The number of carbonyl (C=O) groups is 1. The predicted molar refractivity (Wildman–Crippen MR) is 92.8 cm³/mol. The van der Waals surface area contributed by atoms with Crippen LogP contribution in [0.15, 0.2) is 40.9 Å². The molecule has 1 atom stereocenters. The van der Waals surface area contributed by atoms with Crippen molar-refractivity contribution in [3.8, 4) is 0 Å². The van der Waals surface area contributed by atoms with E-state index in [1.165, 1.54) is 5.56 Å². The number of hydrogen-bond acceptors (Lipinski definition) is 3. The third kappa shape index (κ3) is 3.78. The van der Waals surface area contributed by atoms with Crippen LogP contribution in [0.4, 0.5) is 4.79 Å². The van der Waals surface area contributed by atoms with Crippen LogP contribution >= 0.6 is 0 Å². The molecule has 0 radical (unpaired) electrons. The van der Waals surface area contributed by atoms with Crippen LogP contribution in [0.2, 0.25) is 0 Å². The van der Waals surface area contributed by atoms with Crippen LogP contribution in [0.1, 0.15) is 55.7 Å². The van der Waals surface area contributed by atoms with Crippen LogP contribution in [0.3, 0.4) is 0 Å². The number of nitrogens with one attached hydrogen (secondary N) is 1. The van der Waals surface area contributed by atoms with E-state index in [-0.39, 0.29) is 12.1 Å². The first kappa shape index (κ1) is 16.6. The lowest BCUT2D eigenvalue weighted by atomic mass is 10.1. The first-order valence-corrected chi connectivity index (χ1v) is 8.70. The Labute approximate surface area is 143 Å². The first-order chi connectivity index (χ1) is 11.6. The minimum atomic E-state index is -0.0115. The van der Waals surface area contributed by atoms with Crippen molar-refractivity contribution in [1.29, 1.82) is 0 Å². The van der Waals surface area contributed by atoms with E-state index in [1.807, 2.05) is 29.2 Å². The second-order valence-electron chi connectivity index (χ2n) is 6.63. The number of carbonyl (C=O) groups excluding carboxylic acids is 1. The van der Waals surface area contributed by atoms with Crippen molar-refractivity contribution in [2.75, 3.05) is 13.1 Å². The minimum absolute atomic E-state index is 0.0115. The summed E-state index contributed by atoms with van der Waals surface area (Å²) in [4.78, 5) is 14.4. The Hall–Kier alpha value is -2.30. The molecule has 0 saturated carbocycles. The van der Waals surface area contributed by atoms with Gasteiger partial charge in [-0.25, -0.2) is 4.79 Å². The molecule has 1 aromatic carbocycles. The van der Waals surface area contributed by atoms with E-state index >= 15 is 0 Å². The van der Waals surface area contributed by atoms with Gasteiger partial charge >= 0.3 is 6.03 Å². The number of urea groups is 1. The molecule has 1 aliphatic heterocycles. The third-order valence-corrected chi connectivity index (χ3v) is 4.50. The first-order valence-electron chi connectivity index (χ1n) is 8.70. The van der Waals surface area contributed by atoms with Gasteiger partial charge in [0.05, 0.1) is 6.04 Å². The van der Waals surface area contributed by atoms with E-state index in [0.717, 1.165) is 37.3 Å². The zero-order valence-corrected chi connectivity index (χ0v) is 14.4. The lowest BCUT2D eigenvalue weighted by Crippen LogP contribution is -2.40. The summed E-state index contributed by atoms with van der Waals surface area (Å²) in [6.07, 6.45) is 2.78. The normalized spacial score (nSPS) is 17.5. The second-order valence-corrected chi connectivity index (χ2v) is 6.63. The van der Waals surface area contributed by atoms with Gasteiger partial charge in [-0.05, 0) is 24.8 Å². The van der Waals surface area contributed by atoms with Crippen LogP contribution in [0.5, 0.6) is 0 Å². The van der Waals surface area contributed by atoms with Crippen molar-refractivity contribution < 1.29 is 9.32 Å². The van der Waals surface area contributed by atoms with E-state index < -0.39 is 0 Å². The van der Waals surface area contributed by atoms with Gasteiger partial charge in [-0.2, -0.15) is 0 Å². The zero-order chi connectivity index (χ0) is 16.9. The second kappa shape index (κ2) is 7.51. The van der Waals surface area contributed by atoms with Gasteiger partial charge < -0.3 is 14.7 Å². The van der Waals surface area contributed by atoms with Crippen molar-refractivity contribution in [1.82, 2.24) is 15.4 Å². The van der Waals surface area contributed by atoms with Gasteiger partial charge in [-0.1, -0.05) is 49.3 Å². The summed E-state index contributed by atoms with van der Waals surface area (Å²) >= 11 is 0. The molecule has 1 fully saturated rings. The average Bonchev–Trinajstić information content (AvgIpc) is 3.24. The van der Waals surface area contributed by atoms with Crippen molar-refractivity contribution >= 4 is 6.03 Å². The molecule has 1 aliphatic rings. The smallest absolute Gasteiger partial charge is 0.317 e. The number of amides is 2. The van der Waals surface area contributed by atoms with Gasteiger partial charge in [-0.3, -0.25) is 0 Å². The fraction of sp³-hybridized carbons (Fsp3) is 0.474. The van der Waals surface area contributed by atoms with Gasteiger partial charge in [0, 0.05) is 25.1 Å². The fourth-order valence-electron chi connectivity index (χ4n) is 3.11. The maximum absolute atomic E-state index is 12.5. The highest BCUT2D eigenvalue weighted by Gasteiger charge is 2.32. The van der Waals surface area contributed by atoms with Crippen molar-refractivity contribution in [2.24, 2.45) is 0 Å².